The Labute approximate surface area is 218 Å². The zero-order valence-electron chi connectivity index (χ0n) is 20.9. The first-order valence-electron chi connectivity index (χ1n) is 13.2. The Morgan fingerprint density at radius 2 is 1.87 bits per heavy atom. The first kappa shape index (κ1) is 23.2. The minimum Gasteiger partial charge on any atom is -0.370 e. The van der Waals surface area contributed by atoms with Crippen LogP contribution in [0.5, 0.6) is 0 Å². The molecule has 194 valence electrons. The van der Waals surface area contributed by atoms with Crippen molar-refractivity contribution in [3.63, 3.8) is 0 Å². The van der Waals surface area contributed by atoms with Gasteiger partial charge in [-0.2, -0.15) is 5.10 Å². The Kier molecular flexibility index (Phi) is 5.57. The van der Waals surface area contributed by atoms with Gasteiger partial charge in [0.05, 0.1) is 35.2 Å². The van der Waals surface area contributed by atoms with Crippen LogP contribution in [-0.4, -0.2) is 67.1 Å². The highest BCUT2D eigenvalue weighted by Gasteiger charge is 2.37. The summed E-state index contributed by atoms with van der Waals surface area (Å²) in [6.07, 6.45) is 8.83. The number of rotatable bonds is 5. The summed E-state index contributed by atoms with van der Waals surface area (Å²) in [6.45, 7) is 2.71. The largest absolute Gasteiger partial charge is 0.370 e. The number of nitrogens with one attached hydrogen (secondary N) is 2. The Balaban J connectivity index is 1.22. The second-order valence-electron chi connectivity index (χ2n) is 10.4. The molecule has 1 aromatic carbocycles. The summed E-state index contributed by atoms with van der Waals surface area (Å²) >= 11 is 0. The molecule has 2 aliphatic heterocycles. The molecule has 0 aliphatic carbocycles. The summed E-state index contributed by atoms with van der Waals surface area (Å²) in [6, 6.07) is 10.2. The molecule has 10 heteroatoms. The highest BCUT2D eigenvalue weighted by molar-refractivity contribution is 5.96. The van der Waals surface area contributed by atoms with Crippen LogP contribution in [0.2, 0.25) is 0 Å². The number of nitrogens with zero attached hydrogens (tertiary/aromatic N) is 6. The lowest BCUT2D eigenvalue weighted by atomic mass is 10.1. The molecule has 4 aromatic heterocycles. The number of aromatic nitrogens is 6. The van der Waals surface area contributed by atoms with Gasteiger partial charge in [-0.1, -0.05) is 6.07 Å². The Hall–Kier alpha value is -3.92. The van der Waals surface area contributed by atoms with Crippen LogP contribution in [0.4, 0.5) is 14.5 Å². The van der Waals surface area contributed by atoms with E-state index in [-0.39, 0.29) is 13.0 Å². The first-order chi connectivity index (χ1) is 18.5. The van der Waals surface area contributed by atoms with Crippen molar-refractivity contribution in [1.82, 2.24) is 35.0 Å². The van der Waals surface area contributed by atoms with Crippen molar-refractivity contribution >= 4 is 27.6 Å². The maximum absolute atomic E-state index is 13.6. The second-order valence-corrected chi connectivity index (χ2v) is 10.4. The van der Waals surface area contributed by atoms with Crippen molar-refractivity contribution in [1.29, 1.82) is 0 Å². The highest BCUT2D eigenvalue weighted by Crippen LogP contribution is 2.33. The molecule has 38 heavy (non-hydrogen) atoms. The van der Waals surface area contributed by atoms with Crippen LogP contribution in [0.25, 0.3) is 44.7 Å². The number of likely N-dealkylation sites (tertiary alicyclic amines) is 1. The number of benzene rings is 1. The number of para-hydroxylation sites is 1. The molecule has 0 amide bonds. The molecule has 0 atom stereocenters. The summed E-state index contributed by atoms with van der Waals surface area (Å²) in [5.74, 6) is -1.91. The second kappa shape index (κ2) is 9.13. The van der Waals surface area contributed by atoms with E-state index in [1.807, 2.05) is 12.1 Å². The Bertz CT molecular complexity index is 1620. The molecule has 2 aliphatic rings. The normalized spacial score (nSPS) is 18.1. The summed E-state index contributed by atoms with van der Waals surface area (Å²) in [4.78, 5) is 21.6. The molecule has 2 saturated heterocycles. The molecule has 0 bridgehead atoms. The van der Waals surface area contributed by atoms with Gasteiger partial charge in [-0.25, -0.2) is 13.8 Å². The summed E-state index contributed by atoms with van der Waals surface area (Å²) < 4.78 is 27.3. The molecule has 0 unspecified atom stereocenters. The van der Waals surface area contributed by atoms with Crippen molar-refractivity contribution in [2.24, 2.45) is 0 Å². The minimum absolute atomic E-state index is 0.0943. The van der Waals surface area contributed by atoms with Gasteiger partial charge in [-0.15, -0.1) is 0 Å². The van der Waals surface area contributed by atoms with E-state index in [1.54, 1.807) is 23.5 Å². The van der Waals surface area contributed by atoms with Crippen molar-refractivity contribution in [2.45, 2.75) is 38.2 Å². The monoisotopic (exact) mass is 514 g/mol. The van der Waals surface area contributed by atoms with Gasteiger partial charge in [0, 0.05) is 55.9 Å². The lowest BCUT2D eigenvalue weighted by molar-refractivity contribution is 0.0115. The lowest BCUT2D eigenvalue weighted by Gasteiger charge is -2.28. The third-order valence-corrected chi connectivity index (χ3v) is 7.61. The molecule has 5 aromatic rings. The predicted molar refractivity (Wildman–Crippen MR) is 143 cm³/mol. The van der Waals surface area contributed by atoms with Crippen LogP contribution in [-0.2, 0) is 6.54 Å². The fourth-order valence-corrected chi connectivity index (χ4v) is 5.69. The quantitative estimate of drug-likeness (QED) is 0.327. The van der Waals surface area contributed by atoms with E-state index in [9.17, 15) is 8.78 Å². The predicted octanol–water partition coefficient (Wildman–Crippen LogP) is 5.39. The number of anilines is 1. The topological polar surface area (TPSA) is 89.6 Å². The minimum atomic E-state index is -2.61. The van der Waals surface area contributed by atoms with Gasteiger partial charge < -0.3 is 9.88 Å². The number of fused-ring (bicyclic) bond motifs is 2. The standard InChI is InChI=1S/C28H28F2N8/c29-28(30)7-10-37(17-28)16-18-11-19(14-31-13-18)22-12-20-23(15-32-22)35-36-25(20)27-33-21-5-4-6-24(26(21)34-27)38-8-2-1-3-9-38/h4-6,11-15H,1-3,7-10,16-17H2,(H,33,34)(H,35,36). The van der Waals surface area contributed by atoms with E-state index in [2.05, 4.69) is 48.2 Å². The number of halogens is 2. The Morgan fingerprint density at radius 1 is 0.974 bits per heavy atom. The first-order valence-corrected chi connectivity index (χ1v) is 13.2. The van der Waals surface area contributed by atoms with E-state index >= 15 is 0 Å². The molecule has 2 N–H and O–H groups in total. The maximum Gasteiger partial charge on any atom is 0.261 e. The van der Waals surface area contributed by atoms with Gasteiger partial charge >= 0.3 is 0 Å². The lowest BCUT2D eigenvalue weighted by Crippen LogP contribution is -2.29. The van der Waals surface area contributed by atoms with Gasteiger partial charge in [0.25, 0.3) is 5.92 Å². The maximum atomic E-state index is 13.6. The molecular weight excluding hydrogens is 486 g/mol. The molecule has 0 saturated carbocycles. The number of hydrogen-bond donors (Lipinski definition) is 2. The SMILES string of the molecule is FC1(F)CCN(Cc2cncc(-c3cc4c(-c5nc6c(N7CCCCC7)cccc6[nH]5)n[nH]c4cn3)c2)C1. The zero-order valence-corrected chi connectivity index (χ0v) is 20.9. The van der Waals surface area contributed by atoms with Crippen LogP contribution in [0.3, 0.4) is 0 Å². The van der Waals surface area contributed by atoms with Crippen LogP contribution in [0.15, 0.2) is 48.9 Å². The Morgan fingerprint density at radius 3 is 2.71 bits per heavy atom. The summed E-state index contributed by atoms with van der Waals surface area (Å²) in [7, 11) is 0. The molecular formula is C28H28F2N8. The van der Waals surface area contributed by atoms with Gasteiger partial charge in [-0.05, 0) is 49.1 Å². The third-order valence-electron chi connectivity index (χ3n) is 7.61. The van der Waals surface area contributed by atoms with E-state index in [1.165, 1.54) is 19.3 Å². The number of aromatic amines is 2. The molecule has 0 spiro atoms. The number of alkyl halides is 2. The van der Waals surface area contributed by atoms with Gasteiger partial charge in [0.1, 0.15) is 11.2 Å². The van der Waals surface area contributed by atoms with Crippen LogP contribution < -0.4 is 4.90 Å². The van der Waals surface area contributed by atoms with E-state index in [4.69, 9.17) is 4.98 Å². The van der Waals surface area contributed by atoms with Gasteiger partial charge in [-0.3, -0.25) is 20.0 Å². The van der Waals surface area contributed by atoms with Crippen molar-refractivity contribution in [3.8, 4) is 22.8 Å². The van der Waals surface area contributed by atoms with Crippen LogP contribution in [0, 0.1) is 0 Å². The average molecular weight is 515 g/mol. The van der Waals surface area contributed by atoms with Crippen LogP contribution >= 0.6 is 0 Å². The zero-order chi connectivity index (χ0) is 25.7. The molecule has 2 fully saturated rings. The van der Waals surface area contributed by atoms with Crippen LogP contribution in [0.1, 0.15) is 31.2 Å². The van der Waals surface area contributed by atoms with E-state index in [0.29, 0.717) is 18.9 Å². The third kappa shape index (κ3) is 4.28. The van der Waals surface area contributed by atoms with E-state index < -0.39 is 5.92 Å². The fraction of sp³-hybridized carbons (Fsp3) is 0.357. The number of imidazole rings is 1. The van der Waals surface area contributed by atoms with Gasteiger partial charge in [0.15, 0.2) is 5.82 Å². The van der Waals surface area contributed by atoms with Crippen molar-refractivity contribution in [3.05, 3.63) is 54.5 Å². The van der Waals surface area contributed by atoms with Crippen molar-refractivity contribution in [2.75, 3.05) is 31.1 Å². The number of piperidine rings is 1. The summed E-state index contributed by atoms with van der Waals surface area (Å²) in [5.41, 5.74) is 7.10. The number of H-pyrrole nitrogens is 2. The average Bonchev–Trinajstić information content (AvgIpc) is 3.64. The number of pyridine rings is 2. The highest BCUT2D eigenvalue weighted by atomic mass is 19.3. The van der Waals surface area contributed by atoms with Crippen molar-refractivity contribution < 1.29 is 8.78 Å². The fourth-order valence-electron chi connectivity index (χ4n) is 5.69. The smallest absolute Gasteiger partial charge is 0.261 e. The van der Waals surface area contributed by atoms with E-state index in [0.717, 1.165) is 63.2 Å². The molecule has 6 heterocycles. The molecule has 8 nitrogen and oxygen atoms in total. The molecule has 7 rings (SSSR count). The number of hydrogen-bond acceptors (Lipinski definition) is 6. The summed E-state index contributed by atoms with van der Waals surface area (Å²) in [5, 5.41) is 8.55. The molecule has 0 radical (unpaired) electrons. The van der Waals surface area contributed by atoms with Gasteiger partial charge in [0.2, 0.25) is 0 Å².